The van der Waals surface area contributed by atoms with Crippen LogP contribution in [0, 0.1) is 23.7 Å². The molecule has 0 rings (SSSR count). The maximum Gasteiger partial charge on any atom is 0.472 e. The van der Waals surface area contributed by atoms with Crippen molar-refractivity contribution in [1.82, 2.24) is 0 Å². The van der Waals surface area contributed by atoms with Crippen molar-refractivity contribution in [2.24, 2.45) is 23.7 Å². The lowest BCUT2D eigenvalue weighted by molar-refractivity contribution is -0.161. The highest BCUT2D eigenvalue weighted by atomic mass is 31.2. The first-order valence-corrected chi connectivity index (χ1v) is 41.2. The van der Waals surface area contributed by atoms with E-state index in [0.717, 1.165) is 114 Å². The maximum absolute atomic E-state index is 13.1. The highest BCUT2D eigenvalue weighted by Crippen LogP contribution is 2.45. The van der Waals surface area contributed by atoms with E-state index < -0.39 is 97.5 Å². The summed E-state index contributed by atoms with van der Waals surface area (Å²) in [6, 6.07) is 0. The third-order valence-corrected chi connectivity index (χ3v) is 19.3. The van der Waals surface area contributed by atoms with Gasteiger partial charge in [-0.05, 0) is 49.4 Å². The SMILES string of the molecule is CCC(C)CCCCCCCCCCC(=O)O[C@H](COC(=O)CCCCCCCCCCCCCCCCCC(C)C)COP(=O)(O)OC[C@@H](O)COP(=O)(O)OC[C@@H](COC(=O)CCCCCCCCC(C)C)OC(=O)CCCCCCCCCCCCCC(C)C. The van der Waals surface area contributed by atoms with Gasteiger partial charge in [0.2, 0.25) is 0 Å². The summed E-state index contributed by atoms with van der Waals surface area (Å²) in [6.45, 7) is 14.1. The molecule has 0 heterocycles. The van der Waals surface area contributed by atoms with Crippen molar-refractivity contribution in [3.05, 3.63) is 0 Å². The van der Waals surface area contributed by atoms with Crippen LogP contribution >= 0.6 is 15.6 Å². The Bertz CT molecular complexity index is 1840. The zero-order valence-electron chi connectivity index (χ0n) is 60.9. The Morgan fingerprint density at radius 1 is 0.301 bits per heavy atom. The number of phosphoric ester groups is 2. The molecule has 0 aromatic carbocycles. The Kier molecular flexibility index (Phi) is 62.2. The van der Waals surface area contributed by atoms with E-state index in [4.69, 9.17) is 37.0 Å². The summed E-state index contributed by atoms with van der Waals surface area (Å²) >= 11 is 0. The zero-order chi connectivity index (χ0) is 68.9. The molecule has 0 aromatic rings. The predicted molar refractivity (Wildman–Crippen MR) is 377 cm³/mol. The summed E-state index contributed by atoms with van der Waals surface area (Å²) in [5.74, 6) is 0.894. The van der Waals surface area contributed by atoms with Crippen LogP contribution in [-0.4, -0.2) is 96.7 Å². The van der Waals surface area contributed by atoms with Crippen LogP contribution in [0.25, 0.3) is 0 Å². The molecule has 3 unspecified atom stereocenters. The van der Waals surface area contributed by atoms with Crippen molar-refractivity contribution >= 4 is 39.5 Å². The molecule has 6 atom stereocenters. The van der Waals surface area contributed by atoms with Crippen molar-refractivity contribution in [3.8, 4) is 0 Å². The first kappa shape index (κ1) is 91.1. The normalized spacial score (nSPS) is 14.5. The second-order valence-electron chi connectivity index (χ2n) is 28.4. The van der Waals surface area contributed by atoms with Crippen molar-refractivity contribution in [2.45, 2.75) is 388 Å². The fraction of sp³-hybridized carbons (Fsp3) is 0.946. The lowest BCUT2D eigenvalue weighted by Gasteiger charge is -2.21. The third kappa shape index (κ3) is 67.0. The van der Waals surface area contributed by atoms with Crippen molar-refractivity contribution in [2.75, 3.05) is 39.6 Å². The van der Waals surface area contributed by atoms with Gasteiger partial charge < -0.3 is 33.8 Å². The second kappa shape index (κ2) is 63.5. The number of ether oxygens (including phenoxy) is 4. The molecule has 0 spiro atoms. The number of aliphatic hydroxyl groups excluding tert-OH is 1. The van der Waals surface area contributed by atoms with Crippen LogP contribution < -0.4 is 0 Å². The number of hydrogen-bond donors (Lipinski definition) is 3. The molecule has 552 valence electrons. The van der Waals surface area contributed by atoms with Crippen LogP contribution in [0.5, 0.6) is 0 Å². The summed E-state index contributed by atoms with van der Waals surface area (Å²) in [6.07, 6.45) is 47.3. The van der Waals surface area contributed by atoms with E-state index in [1.54, 1.807) is 0 Å². The Balaban J connectivity index is 5.21. The summed E-state index contributed by atoms with van der Waals surface area (Å²) in [5, 5.41) is 10.6. The molecule has 19 heteroatoms. The molecule has 0 amide bonds. The van der Waals surface area contributed by atoms with Crippen molar-refractivity contribution in [3.63, 3.8) is 0 Å². The fourth-order valence-electron chi connectivity index (χ4n) is 11.2. The second-order valence-corrected chi connectivity index (χ2v) is 31.3. The Morgan fingerprint density at radius 3 is 0.763 bits per heavy atom. The molecule has 0 aromatic heterocycles. The molecule has 0 aliphatic carbocycles. The van der Waals surface area contributed by atoms with Gasteiger partial charge in [0.1, 0.15) is 19.3 Å². The van der Waals surface area contributed by atoms with Gasteiger partial charge in [0.05, 0.1) is 26.4 Å². The molecular weight excluding hydrogens is 1220 g/mol. The lowest BCUT2D eigenvalue weighted by Crippen LogP contribution is -2.30. The van der Waals surface area contributed by atoms with Crippen LogP contribution in [0.1, 0.15) is 370 Å². The Hall–Kier alpha value is -1.94. The van der Waals surface area contributed by atoms with Gasteiger partial charge in [-0.15, -0.1) is 0 Å². The largest absolute Gasteiger partial charge is 0.472 e. The molecule has 0 aliphatic heterocycles. The highest BCUT2D eigenvalue weighted by molar-refractivity contribution is 7.47. The van der Waals surface area contributed by atoms with E-state index in [0.29, 0.717) is 31.6 Å². The number of phosphoric acid groups is 2. The van der Waals surface area contributed by atoms with Crippen molar-refractivity contribution < 1.29 is 80.2 Å². The van der Waals surface area contributed by atoms with Gasteiger partial charge in [-0.2, -0.15) is 0 Å². The average molecular weight is 1370 g/mol. The van der Waals surface area contributed by atoms with E-state index in [1.807, 2.05) is 0 Å². The molecule has 0 aliphatic rings. The first-order chi connectivity index (χ1) is 44.6. The lowest BCUT2D eigenvalue weighted by atomic mass is 9.99. The summed E-state index contributed by atoms with van der Waals surface area (Å²) in [7, 11) is -9.91. The predicted octanol–water partition coefficient (Wildman–Crippen LogP) is 21.3. The summed E-state index contributed by atoms with van der Waals surface area (Å²) < 4.78 is 68.4. The van der Waals surface area contributed by atoms with Gasteiger partial charge in [-0.3, -0.25) is 37.3 Å². The van der Waals surface area contributed by atoms with Crippen LogP contribution in [-0.2, 0) is 65.4 Å². The number of unbranched alkanes of at least 4 members (excludes halogenated alkanes) is 36. The smallest absolute Gasteiger partial charge is 0.462 e. The molecule has 0 bridgehead atoms. The molecular formula is C74H144O17P2. The van der Waals surface area contributed by atoms with Gasteiger partial charge in [-0.25, -0.2) is 9.13 Å². The molecule has 0 fully saturated rings. The molecule has 0 radical (unpaired) electrons. The Labute approximate surface area is 568 Å². The fourth-order valence-corrected chi connectivity index (χ4v) is 12.7. The van der Waals surface area contributed by atoms with Crippen molar-refractivity contribution in [1.29, 1.82) is 0 Å². The highest BCUT2D eigenvalue weighted by Gasteiger charge is 2.30. The van der Waals surface area contributed by atoms with Crippen LogP contribution in [0.4, 0.5) is 0 Å². The number of esters is 4. The number of hydrogen-bond acceptors (Lipinski definition) is 15. The Morgan fingerprint density at radius 2 is 0.516 bits per heavy atom. The van der Waals surface area contributed by atoms with Gasteiger partial charge in [0, 0.05) is 25.7 Å². The molecule has 0 saturated heterocycles. The van der Waals surface area contributed by atoms with E-state index in [2.05, 4.69) is 55.4 Å². The first-order valence-electron chi connectivity index (χ1n) is 38.2. The summed E-state index contributed by atoms with van der Waals surface area (Å²) in [4.78, 5) is 72.7. The van der Waals surface area contributed by atoms with Gasteiger partial charge in [0.25, 0.3) is 0 Å². The van der Waals surface area contributed by atoms with Crippen LogP contribution in [0.3, 0.4) is 0 Å². The molecule has 3 N–H and O–H groups in total. The minimum atomic E-state index is -4.96. The van der Waals surface area contributed by atoms with E-state index in [9.17, 15) is 43.2 Å². The number of aliphatic hydroxyl groups is 1. The molecule has 0 saturated carbocycles. The van der Waals surface area contributed by atoms with Gasteiger partial charge in [0.15, 0.2) is 12.2 Å². The maximum atomic E-state index is 13.1. The molecule has 17 nitrogen and oxygen atoms in total. The van der Waals surface area contributed by atoms with Gasteiger partial charge in [-0.1, -0.05) is 319 Å². The average Bonchev–Trinajstić information content (AvgIpc) is 3.12. The zero-order valence-corrected chi connectivity index (χ0v) is 62.7. The minimum absolute atomic E-state index is 0.105. The number of rotatable bonds is 71. The number of carbonyl (C=O) groups excluding carboxylic acids is 4. The van der Waals surface area contributed by atoms with E-state index in [-0.39, 0.29) is 25.7 Å². The number of carbonyl (C=O) groups is 4. The molecule has 93 heavy (non-hydrogen) atoms. The van der Waals surface area contributed by atoms with E-state index in [1.165, 1.54) is 167 Å². The van der Waals surface area contributed by atoms with Crippen LogP contribution in [0.15, 0.2) is 0 Å². The van der Waals surface area contributed by atoms with E-state index >= 15 is 0 Å². The monoisotopic (exact) mass is 1370 g/mol. The quantitative estimate of drug-likeness (QED) is 0.0222. The minimum Gasteiger partial charge on any atom is -0.462 e. The third-order valence-electron chi connectivity index (χ3n) is 17.4. The van der Waals surface area contributed by atoms with Crippen LogP contribution in [0.2, 0.25) is 0 Å². The topological polar surface area (TPSA) is 237 Å². The van der Waals surface area contributed by atoms with Gasteiger partial charge >= 0.3 is 39.5 Å². The summed E-state index contributed by atoms with van der Waals surface area (Å²) in [5.41, 5.74) is 0. The standard InChI is InChI=1S/C74H144O17P2/c1-9-67(8)53-45-37-28-24-25-31-41-49-57-74(79)91-69(60-84-71(76)54-46-38-29-22-18-14-12-10-11-13-16-20-26-34-42-50-64(2)3)62-88-92(80,81)86-58-68(75)59-87-93(82,83)89-63-70(61-85-72(77)55-47-39-33-32-36-44-52-66(6)7)90-73(78)56-48-40-30-23-19-15-17-21-27-35-43-51-65(4)5/h64-70,75H,9-63H2,1-8H3,(H,80,81)(H,82,83)/t67?,68-,69-,70-/m1/s1.